The van der Waals surface area contributed by atoms with Gasteiger partial charge in [0.05, 0.1) is 19.8 Å². The molecule has 0 radical (unpaired) electrons. The van der Waals surface area contributed by atoms with E-state index in [0.717, 1.165) is 17.9 Å². The van der Waals surface area contributed by atoms with Crippen LogP contribution in [-0.4, -0.2) is 27.4 Å². The first-order chi connectivity index (χ1) is 9.62. The van der Waals surface area contributed by atoms with Crippen LogP contribution in [0.5, 0.6) is 5.75 Å². The highest BCUT2D eigenvalue weighted by Gasteiger charge is 2.15. The third-order valence-corrected chi connectivity index (χ3v) is 3.58. The highest BCUT2D eigenvalue weighted by atomic mass is 16.5. The van der Waals surface area contributed by atoms with Crippen molar-refractivity contribution in [3.8, 4) is 5.75 Å². The summed E-state index contributed by atoms with van der Waals surface area (Å²) in [5.74, 6) is 1.54. The van der Waals surface area contributed by atoms with Gasteiger partial charge in [0, 0.05) is 12.2 Å². The van der Waals surface area contributed by atoms with Crippen molar-refractivity contribution in [2.24, 2.45) is 5.92 Å². The van der Waals surface area contributed by atoms with E-state index in [9.17, 15) is 0 Å². The van der Waals surface area contributed by atoms with E-state index >= 15 is 0 Å². The van der Waals surface area contributed by atoms with Gasteiger partial charge in [-0.3, -0.25) is 0 Å². The molecule has 0 bridgehead atoms. The molecule has 0 aliphatic rings. The second-order valence-corrected chi connectivity index (χ2v) is 5.52. The predicted molar refractivity (Wildman–Crippen MR) is 84.4 cm³/mol. The molecule has 20 heavy (non-hydrogen) atoms. The fourth-order valence-corrected chi connectivity index (χ4v) is 2.42. The Kier molecular flexibility index (Phi) is 7.63. The molecular weight excluding hydrogens is 250 g/mol. The third-order valence-electron chi connectivity index (χ3n) is 3.58. The summed E-state index contributed by atoms with van der Waals surface area (Å²) in [6, 6.07) is 6.42. The maximum Gasteiger partial charge on any atom is 0.123 e. The lowest BCUT2D eigenvalue weighted by atomic mass is 10.0. The molecule has 0 spiro atoms. The van der Waals surface area contributed by atoms with Gasteiger partial charge in [-0.15, -0.1) is 0 Å². The fraction of sp³-hybridized carbons (Fsp3) is 0.647. The Bertz CT molecular complexity index is 393. The summed E-state index contributed by atoms with van der Waals surface area (Å²) in [6.45, 7) is 8.04. The molecular formula is C17H29NO2. The summed E-state index contributed by atoms with van der Waals surface area (Å²) < 4.78 is 11.3. The van der Waals surface area contributed by atoms with E-state index in [4.69, 9.17) is 9.47 Å². The van der Waals surface area contributed by atoms with E-state index < -0.39 is 0 Å². The van der Waals surface area contributed by atoms with E-state index in [0.29, 0.717) is 12.5 Å². The van der Waals surface area contributed by atoms with Gasteiger partial charge < -0.3 is 14.8 Å². The van der Waals surface area contributed by atoms with Crippen LogP contribution in [0.2, 0.25) is 0 Å². The van der Waals surface area contributed by atoms with Gasteiger partial charge in [-0.05, 0) is 32.4 Å². The number of nitrogens with one attached hydrogen (secondary N) is 1. The van der Waals surface area contributed by atoms with E-state index in [-0.39, 0.29) is 6.04 Å². The average molecular weight is 279 g/mol. The Morgan fingerprint density at radius 3 is 2.60 bits per heavy atom. The number of hydrogen-bond donors (Lipinski definition) is 1. The molecule has 0 aliphatic heterocycles. The number of ether oxygens (including phenoxy) is 2. The molecule has 1 rings (SSSR count). The van der Waals surface area contributed by atoms with Crippen molar-refractivity contribution >= 4 is 0 Å². The van der Waals surface area contributed by atoms with E-state index in [1.807, 2.05) is 13.1 Å². The van der Waals surface area contributed by atoms with Crippen LogP contribution in [0, 0.1) is 12.8 Å². The standard InChI is InChI=1S/C17H29NO2/c1-6-7-14(3)11-20-12-16(18-4)15-10-13(2)8-9-17(15)19-5/h8-10,14,16,18H,6-7,11-12H2,1-5H3. The van der Waals surface area contributed by atoms with E-state index in [2.05, 4.69) is 38.2 Å². The summed E-state index contributed by atoms with van der Waals surface area (Å²) in [5, 5.41) is 3.32. The predicted octanol–water partition coefficient (Wildman–Crippen LogP) is 3.72. The van der Waals surface area contributed by atoms with Crippen molar-refractivity contribution in [1.82, 2.24) is 5.32 Å². The monoisotopic (exact) mass is 279 g/mol. The Morgan fingerprint density at radius 2 is 2.00 bits per heavy atom. The normalized spacial score (nSPS) is 14.1. The number of likely N-dealkylation sites (N-methyl/N-ethyl adjacent to an activating group) is 1. The van der Waals surface area contributed by atoms with Crippen LogP contribution in [0.25, 0.3) is 0 Å². The zero-order valence-corrected chi connectivity index (χ0v) is 13.5. The molecule has 0 fully saturated rings. The van der Waals surface area contributed by atoms with Crippen molar-refractivity contribution in [3.05, 3.63) is 29.3 Å². The van der Waals surface area contributed by atoms with Gasteiger partial charge in [0.1, 0.15) is 5.75 Å². The molecule has 0 saturated carbocycles. The highest BCUT2D eigenvalue weighted by Crippen LogP contribution is 2.26. The largest absolute Gasteiger partial charge is 0.496 e. The average Bonchev–Trinajstić information content (AvgIpc) is 2.44. The molecule has 0 aromatic heterocycles. The fourth-order valence-electron chi connectivity index (χ4n) is 2.42. The molecule has 0 amide bonds. The molecule has 0 heterocycles. The van der Waals surface area contributed by atoms with Crippen LogP contribution in [-0.2, 0) is 4.74 Å². The maximum atomic E-state index is 5.88. The Morgan fingerprint density at radius 1 is 1.25 bits per heavy atom. The lowest BCUT2D eigenvalue weighted by Gasteiger charge is -2.21. The quantitative estimate of drug-likeness (QED) is 0.747. The van der Waals surface area contributed by atoms with Crippen molar-refractivity contribution in [3.63, 3.8) is 0 Å². The minimum Gasteiger partial charge on any atom is -0.496 e. The van der Waals surface area contributed by atoms with Crippen molar-refractivity contribution in [2.45, 2.75) is 39.7 Å². The first-order valence-corrected chi connectivity index (χ1v) is 7.51. The number of aryl methyl sites for hydroxylation is 1. The second kappa shape index (κ2) is 8.98. The molecule has 2 atom stereocenters. The van der Waals surface area contributed by atoms with Crippen molar-refractivity contribution < 1.29 is 9.47 Å². The molecule has 3 nitrogen and oxygen atoms in total. The molecule has 0 aliphatic carbocycles. The Hall–Kier alpha value is -1.06. The van der Waals surface area contributed by atoms with Crippen LogP contribution in [0.15, 0.2) is 18.2 Å². The molecule has 2 unspecified atom stereocenters. The summed E-state index contributed by atoms with van der Waals surface area (Å²) in [4.78, 5) is 0. The minimum atomic E-state index is 0.165. The van der Waals surface area contributed by atoms with Gasteiger partial charge in [-0.25, -0.2) is 0 Å². The van der Waals surface area contributed by atoms with Crippen molar-refractivity contribution in [2.75, 3.05) is 27.4 Å². The summed E-state index contributed by atoms with van der Waals surface area (Å²) in [6.07, 6.45) is 2.43. The molecule has 0 saturated heterocycles. The summed E-state index contributed by atoms with van der Waals surface area (Å²) >= 11 is 0. The molecule has 1 N–H and O–H groups in total. The van der Waals surface area contributed by atoms with Gasteiger partial charge in [-0.2, -0.15) is 0 Å². The number of rotatable bonds is 9. The van der Waals surface area contributed by atoms with Crippen LogP contribution < -0.4 is 10.1 Å². The first kappa shape index (κ1) is 17.0. The SMILES string of the molecule is CCCC(C)COCC(NC)c1cc(C)ccc1OC. The minimum absolute atomic E-state index is 0.165. The van der Waals surface area contributed by atoms with Gasteiger partial charge >= 0.3 is 0 Å². The molecule has 3 heteroatoms. The maximum absolute atomic E-state index is 5.88. The number of hydrogen-bond acceptors (Lipinski definition) is 3. The van der Waals surface area contributed by atoms with E-state index in [1.54, 1.807) is 7.11 Å². The summed E-state index contributed by atoms with van der Waals surface area (Å²) in [7, 11) is 3.68. The van der Waals surface area contributed by atoms with Gasteiger partial charge in [0.25, 0.3) is 0 Å². The van der Waals surface area contributed by atoms with Gasteiger partial charge in [-0.1, -0.05) is 38.0 Å². The van der Waals surface area contributed by atoms with Crippen LogP contribution in [0.3, 0.4) is 0 Å². The number of methoxy groups -OCH3 is 1. The zero-order chi connectivity index (χ0) is 15.0. The lowest BCUT2D eigenvalue weighted by molar-refractivity contribution is 0.0843. The Balaban J connectivity index is 2.64. The molecule has 1 aromatic carbocycles. The zero-order valence-electron chi connectivity index (χ0n) is 13.5. The van der Waals surface area contributed by atoms with Crippen LogP contribution >= 0.6 is 0 Å². The second-order valence-electron chi connectivity index (χ2n) is 5.52. The van der Waals surface area contributed by atoms with Gasteiger partial charge in [0.15, 0.2) is 0 Å². The van der Waals surface area contributed by atoms with Crippen LogP contribution in [0.1, 0.15) is 43.9 Å². The summed E-state index contributed by atoms with van der Waals surface area (Å²) in [5.41, 5.74) is 2.40. The van der Waals surface area contributed by atoms with Crippen molar-refractivity contribution in [1.29, 1.82) is 0 Å². The smallest absolute Gasteiger partial charge is 0.123 e. The Labute approximate surface area is 123 Å². The first-order valence-electron chi connectivity index (χ1n) is 7.51. The van der Waals surface area contributed by atoms with E-state index in [1.165, 1.54) is 18.4 Å². The molecule has 114 valence electrons. The lowest BCUT2D eigenvalue weighted by Crippen LogP contribution is -2.23. The topological polar surface area (TPSA) is 30.5 Å². The number of benzene rings is 1. The molecule has 1 aromatic rings. The van der Waals surface area contributed by atoms with Gasteiger partial charge in [0.2, 0.25) is 0 Å². The van der Waals surface area contributed by atoms with Crippen LogP contribution in [0.4, 0.5) is 0 Å². The highest BCUT2D eigenvalue weighted by molar-refractivity contribution is 5.39. The third kappa shape index (κ3) is 5.14.